The third-order valence-corrected chi connectivity index (χ3v) is 3.12. The second-order valence-electron chi connectivity index (χ2n) is 4.20. The van der Waals surface area contributed by atoms with Crippen LogP contribution >= 0.6 is 0 Å². The maximum Gasteiger partial charge on any atom is 0.219 e. The van der Waals surface area contributed by atoms with Gasteiger partial charge in [-0.05, 0) is 6.92 Å². The van der Waals surface area contributed by atoms with E-state index in [0.717, 1.165) is 37.6 Å². The number of anilines is 2. The van der Waals surface area contributed by atoms with Crippen molar-refractivity contribution in [3.05, 3.63) is 11.9 Å². The van der Waals surface area contributed by atoms with Gasteiger partial charge in [0.15, 0.2) is 0 Å². The van der Waals surface area contributed by atoms with Gasteiger partial charge in [0.05, 0.1) is 0 Å². The molecule has 6 nitrogen and oxygen atoms in total. The van der Waals surface area contributed by atoms with Crippen molar-refractivity contribution in [2.75, 3.05) is 36.8 Å². The highest BCUT2D eigenvalue weighted by molar-refractivity contribution is 5.73. The number of carbonyl (C=O) groups is 1. The molecule has 17 heavy (non-hydrogen) atoms. The van der Waals surface area contributed by atoms with Crippen molar-refractivity contribution in [1.29, 1.82) is 0 Å². The molecule has 0 aliphatic carbocycles. The summed E-state index contributed by atoms with van der Waals surface area (Å²) in [5, 5.41) is 0. The number of nitrogens with zero attached hydrogens (tertiary/aromatic N) is 4. The summed E-state index contributed by atoms with van der Waals surface area (Å²) in [4.78, 5) is 23.4. The summed E-state index contributed by atoms with van der Waals surface area (Å²) in [6.07, 6.45) is 1.48. The summed E-state index contributed by atoms with van der Waals surface area (Å²) >= 11 is 0. The van der Waals surface area contributed by atoms with E-state index in [2.05, 4.69) is 14.9 Å². The molecule has 1 aromatic rings. The monoisotopic (exact) mass is 235 g/mol. The van der Waals surface area contributed by atoms with Gasteiger partial charge in [0.25, 0.3) is 0 Å². The van der Waals surface area contributed by atoms with Gasteiger partial charge in [0.2, 0.25) is 5.91 Å². The number of nitrogens with two attached hydrogens (primary N) is 1. The minimum absolute atomic E-state index is 0.128. The van der Waals surface area contributed by atoms with E-state index in [0.29, 0.717) is 5.82 Å². The molecule has 0 radical (unpaired) electrons. The predicted octanol–water partition coefficient (Wildman–Crippen LogP) is 0.0357. The topological polar surface area (TPSA) is 75.4 Å². The second-order valence-corrected chi connectivity index (χ2v) is 4.20. The first-order valence-electron chi connectivity index (χ1n) is 5.67. The van der Waals surface area contributed by atoms with Gasteiger partial charge in [0, 0.05) is 38.7 Å². The highest BCUT2D eigenvalue weighted by atomic mass is 16.2. The van der Waals surface area contributed by atoms with Crippen molar-refractivity contribution < 1.29 is 4.79 Å². The Hall–Kier alpha value is -1.85. The lowest BCUT2D eigenvalue weighted by Crippen LogP contribution is -2.48. The van der Waals surface area contributed by atoms with E-state index in [-0.39, 0.29) is 5.91 Å². The third-order valence-electron chi connectivity index (χ3n) is 3.12. The molecule has 1 amide bonds. The van der Waals surface area contributed by atoms with Crippen molar-refractivity contribution in [3.8, 4) is 0 Å². The van der Waals surface area contributed by atoms with E-state index < -0.39 is 0 Å². The van der Waals surface area contributed by atoms with Crippen LogP contribution in [0.15, 0.2) is 6.33 Å². The van der Waals surface area contributed by atoms with E-state index in [1.807, 2.05) is 11.8 Å². The van der Waals surface area contributed by atoms with Gasteiger partial charge in [-0.3, -0.25) is 4.79 Å². The average Bonchev–Trinajstić information content (AvgIpc) is 2.33. The minimum Gasteiger partial charge on any atom is -0.383 e. The van der Waals surface area contributed by atoms with E-state index >= 15 is 0 Å². The molecule has 2 heterocycles. The standard InChI is InChI=1S/C11H17N5O/c1-8-10(12)13-7-14-11(8)16-5-3-15(4-6-16)9(2)17/h7H,3-6H2,1-2H3,(H2,12,13,14). The fraction of sp³-hybridized carbons (Fsp3) is 0.545. The molecular formula is C11H17N5O. The smallest absolute Gasteiger partial charge is 0.219 e. The van der Waals surface area contributed by atoms with Crippen LogP contribution in [0.3, 0.4) is 0 Å². The van der Waals surface area contributed by atoms with Gasteiger partial charge in [-0.2, -0.15) is 0 Å². The van der Waals surface area contributed by atoms with Crippen LogP contribution in [0.2, 0.25) is 0 Å². The van der Waals surface area contributed by atoms with Gasteiger partial charge in [-0.25, -0.2) is 9.97 Å². The lowest BCUT2D eigenvalue weighted by Gasteiger charge is -2.35. The Morgan fingerprint density at radius 3 is 2.53 bits per heavy atom. The molecule has 1 aliphatic rings. The van der Waals surface area contributed by atoms with Crippen molar-refractivity contribution in [2.45, 2.75) is 13.8 Å². The quantitative estimate of drug-likeness (QED) is 0.743. The van der Waals surface area contributed by atoms with Crippen LogP contribution in [0.25, 0.3) is 0 Å². The summed E-state index contributed by atoms with van der Waals surface area (Å²) in [5.41, 5.74) is 6.67. The van der Waals surface area contributed by atoms with Crippen molar-refractivity contribution in [1.82, 2.24) is 14.9 Å². The lowest BCUT2D eigenvalue weighted by atomic mass is 10.2. The van der Waals surface area contributed by atoms with Crippen LogP contribution in [0.4, 0.5) is 11.6 Å². The van der Waals surface area contributed by atoms with Crippen molar-refractivity contribution in [2.24, 2.45) is 0 Å². The van der Waals surface area contributed by atoms with Gasteiger partial charge >= 0.3 is 0 Å². The fourth-order valence-corrected chi connectivity index (χ4v) is 2.01. The summed E-state index contributed by atoms with van der Waals surface area (Å²) < 4.78 is 0. The first-order valence-corrected chi connectivity index (χ1v) is 5.67. The van der Waals surface area contributed by atoms with E-state index in [4.69, 9.17) is 5.73 Å². The minimum atomic E-state index is 0.128. The fourth-order valence-electron chi connectivity index (χ4n) is 2.01. The molecule has 0 aromatic carbocycles. The average molecular weight is 235 g/mol. The maximum absolute atomic E-state index is 11.2. The number of hydrogen-bond acceptors (Lipinski definition) is 5. The highest BCUT2D eigenvalue weighted by Gasteiger charge is 2.21. The molecule has 2 rings (SSSR count). The Labute approximate surface area is 100 Å². The van der Waals surface area contributed by atoms with E-state index in [1.165, 1.54) is 6.33 Å². The Morgan fingerprint density at radius 2 is 1.94 bits per heavy atom. The number of carbonyl (C=O) groups excluding carboxylic acids is 1. The molecule has 0 bridgehead atoms. The molecule has 1 aliphatic heterocycles. The molecule has 2 N–H and O–H groups in total. The number of rotatable bonds is 1. The summed E-state index contributed by atoms with van der Waals surface area (Å²) in [5.74, 6) is 1.52. The third kappa shape index (κ3) is 2.30. The highest BCUT2D eigenvalue weighted by Crippen LogP contribution is 2.21. The predicted molar refractivity (Wildman–Crippen MR) is 65.6 cm³/mol. The number of aromatic nitrogens is 2. The molecule has 1 saturated heterocycles. The normalized spacial score (nSPS) is 16.1. The molecular weight excluding hydrogens is 218 g/mol. The summed E-state index contributed by atoms with van der Waals surface area (Å²) in [6, 6.07) is 0. The number of hydrogen-bond donors (Lipinski definition) is 1. The van der Waals surface area contributed by atoms with Gasteiger partial charge < -0.3 is 15.5 Å². The summed E-state index contributed by atoms with van der Waals surface area (Å²) in [6.45, 7) is 6.57. The SMILES string of the molecule is CC(=O)N1CCN(c2ncnc(N)c2C)CC1. The van der Waals surface area contributed by atoms with Crippen LogP contribution in [-0.4, -0.2) is 47.0 Å². The Balaban J connectivity index is 2.10. The first-order chi connectivity index (χ1) is 8.09. The summed E-state index contributed by atoms with van der Waals surface area (Å²) in [7, 11) is 0. The Bertz CT molecular complexity index is 426. The Morgan fingerprint density at radius 1 is 1.29 bits per heavy atom. The van der Waals surface area contributed by atoms with Gasteiger partial charge in [-0.1, -0.05) is 0 Å². The van der Waals surface area contributed by atoms with Gasteiger partial charge in [0.1, 0.15) is 18.0 Å². The van der Waals surface area contributed by atoms with Crippen molar-refractivity contribution >= 4 is 17.5 Å². The molecule has 1 aromatic heterocycles. The van der Waals surface area contributed by atoms with E-state index in [1.54, 1.807) is 6.92 Å². The zero-order valence-electron chi connectivity index (χ0n) is 10.2. The molecule has 92 valence electrons. The number of piperazine rings is 1. The van der Waals surface area contributed by atoms with Crippen LogP contribution < -0.4 is 10.6 Å². The Kier molecular flexibility index (Phi) is 3.12. The van der Waals surface area contributed by atoms with E-state index in [9.17, 15) is 4.79 Å². The molecule has 0 unspecified atom stereocenters. The van der Waals surface area contributed by atoms with Crippen molar-refractivity contribution in [3.63, 3.8) is 0 Å². The molecule has 1 fully saturated rings. The number of nitrogen functional groups attached to an aromatic ring is 1. The van der Waals surface area contributed by atoms with Crippen LogP contribution in [0.1, 0.15) is 12.5 Å². The molecule has 6 heteroatoms. The second kappa shape index (κ2) is 4.57. The molecule has 0 saturated carbocycles. The zero-order chi connectivity index (χ0) is 12.4. The lowest BCUT2D eigenvalue weighted by molar-refractivity contribution is -0.129. The molecule has 0 spiro atoms. The van der Waals surface area contributed by atoms with Gasteiger partial charge in [-0.15, -0.1) is 0 Å². The number of amides is 1. The molecule has 0 atom stereocenters. The maximum atomic E-state index is 11.2. The first kappa shape index (κ1) is 11.6. The van der Waals surface area contributed by atoms with Crippen LogP contribution in [0.5, 0.6) is 0 Å². The van der Waals surface area contributed by atoms with Crippen LogP contribution in [0, 0.1) is 6.92 Å². The largest absolute Gasteiger partial charge is 0.383 e. The zero-order valence-corrected chi connectivity index (χ0v) is 10.2. The van der Waals surface area contributed by atoms with Crippen LogP contribution in [-0.2, 0) is 4.79 Å².